The Bertz CT molecular complexity index is 598. The molecule has 2 aliphatic heterocycles. The van der Waals surface area contributed by atoms with Crippen molar-refractivity contribution in [1.82, 2.24) is 19.6 Å². The van der Waals surface area contributed by atoms with Crippen LogP contribution in [0.5, 0.6) is 0 Å². The van der Waals surface area contributed by atoms with E-state index in [0.717, 1.165) is 55.6 Å². The number of amides is 1. The molecule has 1 aromatic heterocycles. The van der Waals surface area contributed by atoms with E-state index < -0.39 is 5.60 Å². The summed E-state index contributed by atoms with van der Waals surface area (Å²) in [7, 11) is 0. The smallest absolute Gasteiger partial charge is 0.410 e. The SMILES string of the molecule is CC(C)(C)OC(=O)N1CCC[C@]12CCN(CCn1cc(I)cn1)C2. The molecule has 0 N–H and O–H groups in total. The molecule has 7 heteroatoms. The summed E-state index contributed by atoms with van der Waals surface area (Å²) in [6.45, 7) is 10.5. The van der Waals surface area contributed by atoms with Gasteiger partial charge >= 0.3 is 6.09 Å². The first-order valence-electron chi connectivity index (χ1n) is 8.68. The molecule has 6 nitrogen and oxygen atoms in total. The second kappa shape index (κ2) is 6.82. The number of hydrogen-bond donors (Lipinski definition) is 0. The Balaban J connectivity index is 1.58. The van der Waals surface area contributed by atoms with Crippen LogP contribution in [0.25, 0.3) is 0 Å². The summed E-state index contributed by atoms with van der Waals surface area (Å²) >= 11 is 2.28. The van der Waals surface area contributed by atoms with E-state index in [1.807, 2.05) is 36.5 Å². The lowest BCUT2D eigenvalue weighted by Crippen LogP contribution is -2.50. The van der Waals surface area contributed by atoms with Gasteiger partial charge in [-0.1, -0.05) is 0 Å². The average Bonchev–Trinajstić information content (AvgIpc) is 3.17. The van der Waals surface area contributed by atoms with Crippen LogP contribution in [0.15, 0.2) is 12.4 Å². The first kappa shape index (κ1) is 18.0. The average molecular weight is 446 g/mol. The fourth-order valence-electron chi connectivity index (χ4n) is 3.80. The van der Waals surface area contributed by atoms with Gasteiger partial charge in [0.25, 0.3) is 0 Å². The molecule has 0 radical (unpaired) electrons. The number of aromatic nitrogens is 2. The van der Waals surface area contributed by atoms with Crippen LogP contribution >= 0.6 is 22.6 Å². The van der Waals surface area contributed by atoms with Crippen molar-refractivity contribution in [2.24, 2.45) is 0 Å². The maximum atomic E-state index is 12.6. The molecule has 134 valence electrons. The van der Waals surface area contributed by atoms with Crippen LogP contribution in [-0.4, -0.2) is 63.0 Å². The topological polar surface area (TPSA) is 50.6 Å². The van der Waals surface area contributed by atoms with Crippen molar-refractivity contribution in [3.05, 3.63) is 16.0 Å². The maximum absolute atomic E-state index is 12.6. The molecule has 1 amide bonds. The fourth-order valence-corrected chi connectivity index (χ4v) is 4.25. The van der Waals surface area contributed by atoms with Crippen molar-refractivity contribution in [2.75, 3.05) is 26.2 Å². The third kappa shape index (κ3) is 4.04. The Morgan fingerprint density at radius 3 is 2.79 bits per heavy atom. The summed E-state index contributed by atoms with van der Waals surface area (Å²) in [5.74, 6) is 0. The molecule has 1 atom stereocenters. The minimum Gasteiger partial charge on any atom is -0.444 e. The largest absolute Gasteiger partial charge is 0.444 e. The number of nitrogens with zero attached hydrogens (tertiary/aromatic N) is 4. The molecule has 0 aromatic carbocycles. The lowest BCUT2D eigenvalue weighted by Gasteiger charge is -2.36. The molecule has 24 heavy (non-hydrogen) atoms. The molecule has 0 unspecified atom stereocenters. The van der Waals surface area contributed by atoms with Gasteiger partial charge < -0.3 is 9.64 Å². The van der Waals surface area contributed by atoms with Gasteiger partial charge in [-0.25, -0.2) is 4.79 Å². The first-order chi connectivity index (χ1) is 11.3. The highest BCUT2D eigenvalue weighted by Gasteiger charge is 2.49. The van der Waals surface area contributed by atoms with Crippen molar-refractivity contribution in [2.45, 2.75) is 57.7 Å². The summed E-state index contributed by atoms with van der Waals surface area (Å²) in [6.07, 6.45) is 7.00. The highest BCUT2D eigenvalue weighted by atomic mass is 127. The van der Waals surface area contributed by atoms with Crippen LogP contribution in [0.4, 0.5) is 4.79 Å². The van der Waals surface area contributed by atoms with Crippen LogP contribution in [0.2, 0.25) is 0 Å². The Hall–Kier alpha value is -0.830. The fraction of sp³-hybridized carbons (Fsp3) is 0.765. The van der Waals surface area contributed by atoms with E-state index in [2.05, 4.69) is 38.8 Å². The third-order valence-corrected chi connectivity index (χ3v) is 5.43. The van der Waals surface area contributed by atoms with Gasteiger partial charge in [0.05, 0.1) is 21.9 Å². The van der Waals surface area contributed by atoms with Crippen molar-refractivity contribution in [1.29, 1.82) is 0 Å². The minimum absolute atomic E-state index is 0.0269. The number of hydrogen-bond acceptors (Lipinski definition) is 4. The summed E-state index contributed by atoms with van der Waals surface area (Å²) in [6, 6.07) is 0. The van der Waals surface area contributed by atoms with Crippen LogP contribution < -0.4 is 0 Å². The molecule has 3 rings (SSSR count). The van der Waals surface area contributed by atoms with Crippen LogP contribution in [0, 0.1) is 3.57 Å². The molecular formula is C17H27IN4O2. The molecule has 1 spiro atoms. The lowest BCUT2D eigenvalue weighted by atomic mass is 9.95. The molecule has 0 saturated carbocycles. The molecule has 3 heterocycles. The number of likely N-dealkylation sites (tertiary alicyclic amines) is 2. The highest BCUT2D eigenvalue weighted by molar-refractivity contribution is 14.1. The number of halogens is 1. The quantitative estimate of drug-likeness (QED) is 0.671. The van der Waals surface area contributed by atoms with Gasteiger partial charge in [0.1, 0.15) is 5.60 Å². The molecule has 2 fully saturated rings. The zero-order valence-corrected chi connectivity index (χ0v) is 17.0. The zero-order chi connectivity index (χ0) is 17.4. The standard InChI is InChI=1S/C17H27IN4O2/c1-16(2,3)24-15(23)22-7-4-5-17(22)6-8-20(13-17)9-10-21-12-14(18)11-19-21/h11-12H,4-10,13H2,1-3H3/t17-/m1/s1. The number of carbonyl (C=O) groups excluding carboxylic acids is 1. The minimum atomic E-state index is -0.434. The van der Waals surface area contributed by atoms with Crippen molar-refractivity contribution < 1.29 is 9.53 Å². The molecular weight excluding hydrogens is 419 g/mol. The monoisotopic (exact) mass is 446 g/mol. The van der Waals surface area contributed by atoms with E-state index in [0.29, 0.717) is 0 Å². The zero-order valence-electron chi connectivity index (χ0n) is 14.8. The number of rotatable bonds is 3. The predicted octanol–water partition coefficient (Wildman–Crippen LogP) is 2.96. The van der Waals surface area contributed by atoms with Crippen LogP contribution in [0.3, 0.4) is 0 Å². The van der Waals surface area contributed by atoms with Gasteiger partial charge in [0.15, 0.2) is 0 Å². The Morgan fingerprint density at radius 1 is 1.33 bits per heavy atom. The summed E-state index contributed by atoms with van der Waals surface area (Å²) in [4.78, 5) is 17.0. The molecule has 1 aromatic rings. The van der Waals surface area contributed by atoms with Crippen LogP contribution in [0.1, 0.15) is 40.0 Å². The number of ether oxygens (including phenoxy) is 1. The second-order valence-corrected chi connectivity index (χ2v) is 9.15. The number of carbonyl (C=O) groups is 1. The van der Waals surface area contributed by atoms with Gasteiger partial charge in [-0.15, -0.1) is 0 Å². The molecule has 0 aliphatic carbocycles. The second-order valence-electron chi connectivity index (χ2n) is 7.91. The highest BCUT2D eigenvalue weighted by Crippen LogP contribution is 2.38. The Labute approximate surface area is 157 Å². The first-order valence-corrected chi connectivity index (χ1v) is 9.76. The van der Waals surface area contributed by atoms with Gasteiger partial charge in [-0.2, -0.15) is 5.10 Å². The van der Waals surface area contributed by atoms with E-state index in [1.165, 1.54) is 0 Å². The van der Waals surface area contributed by atoms with Crippen molar-refractivity contribution >= 4 is 28.7 Å². The van der Waals surface area contributed by atoms with Gasteiger partial charge in [0, 0.05) is 32.4 Å². The molecule has 2 aliphatic rings. The van der Waals surface area contributed by atoms with E-state index in [1.54, 1.807) is 0 Å². The van der Waals surface area contributed by atoms with E-state index in [4.69, 9.17) is 4.74 Å². The predicted molar refractivity (Wildman–Crippen MR) is 101 cm³/mol. The van der Waals surface area contributed by atoms with E-state index in [-0.39, 0.29) is 11.6 Å². The summed E-state index contributed by atoms with van der Waals surface area (Å²) in [5, 5.41) is 4.35. The Morgan fingerprint density at radius 2 is 2.12 bits per heavy atom. The normalized spacial score (nSPS) is 24.9. The van der Waals surface area contributed by atoms with Gasteiger partial charge in [-0.05, 0) is 62.6 Å². The molecule has 0 bridgehead atoms. The van der Waals surface area contributed by atoms with Crippen molar-refractivity contribution in [3.63, 3.8) is 0 Å². The molecule has 2 saturated heterocycles. The van der Waals surface area contributed by atoms with E-state index >= 15 is 0 Å². The van der Waals surface area contributed by atoms with Crippen LogP contribution in [-0.2, 0) is 11.3 Å². The van der Waals surface area contributed by atoms with E-state index in [9.17, 15) is 4.79 Å². The summed E-state index contributed by atoms with van der Waals surface area (Å²) in [5.41, 5.74) is -0.461. The van der Waals surface area contributed by atoms with Gasteiger partial charge in [-0.3, -0.25) is 9.58 Å². The Kier molecular flexibility index (Phi) is 5.11. The lowest BCUT2D eigenvalue weighted by molar-refractivity contribution is 0.00920. The van der Waals surface area contributed by atoms with Gasteiger partial charge in [0.2, 0.25) is 0 Å². The third-order valence-electron chi connectivity index (χ3n) is 4.87. The summed E-state index contributed by atoms with van der Waals surface area (Å²) < 4.78 is 8.79. The maximum Gasteiger partial charge on any atom is 0.410 e. The van der Waals surface area contributed by atoms with Crippen molar-refractivity contribution in [3.8, 4) is 0 Å².